The van der Waals surface area contributed by atoms with Gasteiger partial charge in [-0.15, -0.1) is 0 Å². The monoisotopic (exact) mass is 291 g/mol. The van der Waals surface area contributed by atoms with Gasteiger partial charge in [-0.2, -0.15) is 13.2 Å². The number of carbonyl (C=O) groups is 1. The summed E-state index contributed by atoms with van der Waals surface area (Å²) in [5.74, 6) is -0.284. The van der Waals surface area contributed by atoms with Crippen LogP contribution in [0.5, 0.6) is 0 Å². The van der Waals surface area contributed by atoms with Crippen molar-refractivity contribution >= 4 is 11.9 Å². The fourth-order valence-corrected chi connectivity index (χ4v) is 1.78. The van der Waals surface area contributed by atoms with Crippen LogP contribution >= 0.6 is 0 Å². The van der Waals surface area contributed by atoms with Gasteiger partial charge in [-0.25, -0.2) is 0 Å². The highest BCUT2D eigenvalue weighted by molar-refractivity contribution is 6.06. The molecule has 0 bridgehead atoms. The largest absolute Gasteiger partial charge is 0.416 e. The zero-order valence-electron chi connectivity index (χ0n) is 11.2. The van der Waals surface area contributed by atoms with Crippen LogP contribution in [0.3, 0.4) is 0 Å². The summed E-state index contributed by atoms with van der Waals surface area (Å²) in [5.41, 5.74) is 0.886. The Morgan fingerprint density at radius 3 is 2.38 bits per heavy atom. The molecule has 1 aromatic carbocycles. The van der Waals surface area contributed by atoms with E-state index in [1.54, 1.807) is 19.1 Å². The highest BCUT2D eigenvalue weighted by Gasteiger charge is 2.29. The zero-order chi connectivity index (χ0) is 15.5. The number of alkyl halides is 3. The van der Waals surface area contributed by atoms with Crippen LogP contribution in [0.1, 0.15) is 27.2 Å². The lowest BCUT2D eigenvalue weighted by Crippen LogP contribution is -2.04. The highest BCUT2D eigenvalue weighted by Crippen LogP contribution is 2.29. The second-order valence-corrected chi connectivity index (χ2v) is 4.49. The number of rotatable bonds is 3. The molecule has 0 aliphatic heterocycles. The number of carbonyl (C=O) groups excluding carboxylic acids is 1. The molecule has 0 saturated heterocycles. The normalized spacial score (nSPS) is 11.8. The average molecular weight is 291 g/mol. The molecule has 0 fully saturated rings. The van der Waals surface area contributed by atoms with Gasteiger partial charge in [0.05, 0.1) is 5.56 Å². The molecule has 0 radical (unpaired) electrons. The van der Waals surface area contributed by atoms with Crippen molar-refractivity contribution in [1.29, 1.82) is 0 Å². The Kier molecular flexibility index (Phi) is 4.21. The van der Waals surface area contributed by atoms with E-state index >= 15 is 0 Å². The number of hydrogen-bond donors (Lipinski definition) is 0. The number of halogens is 3. The molecular formula is C16H12F3NO. The average Bonchev–Trinajstić information content (AvgIpc) is 2.45. The summed E-state index contributed by atoms with van der Waals surface area (Å²) in [7, 11) is 0. The van der Waals surface area contributed by atoms with Gasteiger partial charge in [0, 0.05) is 6.20 Å². The van der Waals surface area contributed by atoms with Gasteiger partial charge in [0.2, 0.25) is 5.78 Å². The minimum atomic E-state index is -4.36. The summed E-state index contributed by atoms with van der Waals surface area (Å²) < 4.78 is 37.3. The van der Waals surface area contributed by atoms with Gasteiger partial charge in [0.1, 0.15) is 5.69 Å². The van der Waals surface area contributed by atoms with Crippen LogP contribution in [0.4, 0.5) is 13.2 Å². The van der Waals surface area contributed by atoms with Gasteiger partial charge in [-0.05, 0) is 42.3 Å². The van der Waals surface area contributed by atoms with E-state index in [1.165, 1.54) is 30.5 Å². The number of ketones is 1. The first kappa shape index (κ1) is 15.0. The third kappa shape index (κ3) is 3.78. The number of nitrogens with zero attached hydrogens (tertiary/aromatic N) is 1. The summed E-state index contributed by atoms with van der Waals surface area (Å²) >= 11 is 0. The first-order valence-electron chi connectivity index (χ1n) is 6.19. The van der Waals surface area contributed by atoms with Crippen LogP contribution in [-0.2, 0) is 6.18 Å². The van der Waals surface area contributed by atoms with E-state index in [2.05, 4.69) is 4.98 Å². The fourth-order valence-electron chi connectivity index (χ4n) is 1.78. The summed E-state index contributed by atoms with van der Waals surface area (Å²) in [6.07, 6.45) is -0.0656. The third-order valence-electron chi connectivity index (χ3n) is 2.91. The number of benzene rings is 1. The molecule has 2 rings (SSSR count). The molecule has 0 aliphatic rings. The summed E-state index contributed by atoms with van der Waals surface area (Å²) in [4.78, 5) is 15.9. The first-order chi connectivity index (χ1) is 9.88. The molecule has 2 aromatic rings. The molecule has 0 N–H and O–H groups in total. The van der Waals surface area contributed by atoms with Gasteiger partial charge in [0.15, 0.2) is 0 Å². The van der Waals surface area contributed by atoms with Gasteiger partial charge in [0.25, 0.3) is 0 Å². The third-order valence-corrected chi connectivity index (χ3v) is 2.91. The van der Waals surface area contributed by atoms with Crippen molar-refractivity contribution in [2.75, 3.05) is 0 Å². The first-order valence-corrected chi connectivity index (χ1v) is 6.19. The molecule has 108 valence electrons. The molecule has 1 heterocycles. The maximum atomic E-state index is 12.4. The van der Waals surface area contributed by atoms with Crippen LogP contribution in [0.25, 0.3) is 6.08 Å². The van der Waals surface area contributed by atoms with Crippen LogP contribution < -0.4 is 0 Å². The van der Waals surface area contributed by atoms with Crippen molar-refractivity contribution in [2.24, 2.45) is 0 Å². The second-order valence-electron chi connectivity index (χ2n) is 4.49. The number of hydrogen-bond acceptors (Lipinski definition) is 2. The summed E-state index contributed by atoms with van der Waals surface area (Å²) in [6, 6.07) is 8.10. The van der Waals surface area contributed by atoms with Gasteiger partial charge < -0.3 is 0 Å². The predicted octanol–water partition coefficient (Wildman–Crippen LogP) is 4.30. The van der Waals surface area contributed by atoms with E-state index in [4.69, 9.17) is 0 Å². The van der Waals surface area contributed by atoms with E-state index < -0.39 is 11.7 Å². The smallest absolute Gasteiger partial charge is 0.288 e. The van der Waals surface area contributed by atoms with Crippen molar-refractivity contribution in [1.82, 2.24) is 4.98 Å². The van der Waals surface area contributed by atoms with Crippen LogP contribution in [0.2, 0.25) is 0 Å². The maximum absolute atomic E-state index is 12.4. The van der Waals surface area contributed by atoms with E-state index in [0.29, 0.717) is 11.3 Å². The van der Waals surface area contributed by atoms with Gasteiger partial charge >= 0.3 is 6.18 Å². The molecule has 2 nitrogen and oxygen atoms in total. The number of aryl methyl sites for hydroxylation is 1. The minimum Gasteiger partial charge on any atom is -0.288 e. The lowest BCUT2D eigenvalue weighted by Gasteiger charge is -2.05. The standard InChI is InChI=1S/C16H12F3NO/c1-11-3-2-10-20-15(11)14(21)9-6-12-4-7-13(8-5-12)16(17,18)19/h2-10H,1H3. The lowest BCUT2D eigenvalue weighted by molar-refractivity contribution is -0.137. The number of allylic oxidation sites excluding steroid dienone is 1. The summed E-state index contributed by atoms with van der Waals surface area (Å²) in [5, 5.41) is 0. The predicted molar refractivity (Wildman–Crippen MR) is 73.8 cm³/mol. The Morgan fingerprint density at radius 1 is 1.14 bits per heavy atom. The minimum absolute atomic E-state index is 0.284. The SMILES string of the molecule is Cc1cccnc1C(=O)C=Cc1ccc(C(F)(F)F)cc1. The molecule has 21 heavy (non-hydrogen) atoms. The number of aromatic nitrogens is 1. The quantitative estimate of drug-likeness (QED) is 0.623. The van der Waals surface area contributed by atoms with E-state index in [-0.39, 0.29) is 5.78 Å². The van der Waals surface area contributed by atoms with E-state index in [1.807, 2.05) is 0 Å². The summed E-state index contributed by atoms with van der Waals surface area (Å²) in [6.45, 7) is 1.77. The molecule has 0 amide bonds. The second kappa shape index (κ2) is 5.91. The van der Waals surface area contributed by atoms with Gasteiger partial charge in [-0.3, -0.25) is 9.78 Å². The Hall–Kier alpha value is -2.43. The van der Waals surface area contributed by atoms with E-state index in [0.717, 1.165) is 17.7 Å². The molecule has 0 aliphatic carbocycles. The Bertz CT molecular complexity index is 673. The molecular weight excluding hydrogens is 279 g/mol. The Balaban J connectivity index is 2.15. The van der Waals surface area contributed by atoms with E-state index in [9.17, 15) is 18.0 Å². The van der Waals surface area contributed by atoms with Crippen molar-refractivity contribution in [3.8, 4) is 0 Å². The van der Waals surface area contributed by atoms with Crippen molar-refractivity contribution < 1.29 is 18.0 Å². The van der Waals surface area contributed by atoms with Crippen molar-refractivity contribution in [2.45, 2.75) is 13.1 Å². The number of pyridine rings is 1. The molecule has 0 atom stereocenters. The van der Waals surface area contributed by atoms with Crippen LogP contribution in [0.15, 0.2) is 48.7 Å². The Morgan fingerprint density at radius 2 is 1.81 bits per heavy atom. The molecule has 1 aromatic heterocycles. The van der Waals surface area contributed by atoms with Crippen molar-refractivity contribution in [3.05, 3.63) is 71.1 Å². The maximum Gasteiger partial charge on any atom is 0.416 e. The molecule has 0 saturated carbocycles. The lowest BCUT2D eigenvalue weighted by atomic mass is 10.1. The van der Waals surface area contributed by atoms with Crippen molar-refractivity contribution in [3.63, 3.8) is 0 Å². The molecule has 0 spiro atoms. The fraction of sp³-hybridized carbons (Fsp3) is 0.125. The molecule has 5 heteroatoms. The Labute approximate surface area is 120 Å². The topological polar surface area (TPSA) is 30.0 Å². The van der Waals surface area contributed by atoms with Gasteiger partial charge in [-0.1, -0.05) is 24.3 Å². The molecule has 0 unspecified atom stereocenters. The van der Waals surface area contributed by atoms with Crippen LogP contribution in [0, 0.1) is 6.92 Å². The van der Waals surface area contributed by atoms with Crippen LogP contribution in [-0.4, -0.2) is 10.8 Å². The highest BCUT2D eigenvalue weighted by atomic mass is 19.4. The zero-order valence-corrected chi connectivity index (χ0v) is 11.2.